The molecule has 0 saturated heterocycles. The molecular weight excluding hydrogens is 329 g/mol. The van der Waals surface area contributed by atoms with E-state index in [1.807, 2.05) is 13.8 Å². The predicted molar refractivity (Wildman–Crippen MR) is 87.7 cm³/mol. The molecule has 0 aliphatic heterocycles. The standard InChI is InChI=1S/C17H16FN3O4/c1-8(2)14-9(3)15(22)21(17(25)20(14)4)13-6-11(16(23)24)10(7-19)5-12(13)18/h5-6,8H,1-4H3,(H,23,24). The van der Waals surface area contributed by atoms with Crippen molar-refractivity contribution < 1.29 is 14.3 Å². The lowest BCUT2D eigenvalue weighted by Gasteiger charge is -2.18. The molecule has 1 aromatic carbocycles. The van der Waals surface area contributed by atoms with Crippen molar-refractivity contribution in [3.8, 4) is 11.8 Å². The normalized spacial score (nSPS) is 10.8. The molecule has 1 N–H and O–H groups in total. The van der Waals surface area contributed by atoms with Crippen molar-refractivity contribution in [1.29, 1.82) is 5.26 Å². The summed E-state index contributed by atoms with van der Waals surface area (Å²) in [6.45, 7) is 5.15. The van der Waals surface area contributed by atoms with Gasteiger partial charge in [-0.1, -0.05) is 13.8 Å². The van der Waals surface area contributed by atoms with Crippen LogP contribution in [0.1, 0.15) is 46.9 Å². The zero-order valence-electron chi connectivity index (χ0n) is 14.1. The Hall–Kier alpha value is -3.21. The number of nitriles is 1. The van der Waals surface area contributed by atoms with Crippen LogP contribution in [0.4, 0.5) is 4.39 Å². The van der Waals surface area contributed by atoms with Crippen molar-refractivity contribution in [1.82, 2.24) is 9.13 Å². The molecule has 130 valence electrons. The van der Waals surface area contributed by atoms with Crippen LogP contribution in [0.25, 0.3) is 5.69 Å². The largest absolute Gasteiger partial charge is 0.478 e. The van der Waals surface area contributed by atoms with Crippen LogP contribution in [-0.4, -0.2) is 20.2 Å². The lowest BCUT2D eigenvalue weighted by molar-refractivity contribution is 0.0696. The summed E-state index contributed by atoms with van der Waals surface area (Å²) in [5.41, 5.74) is -2.13. The Kier molecular flexibility index (Phi) is 4.61. The van der Waals surface area contributed by atoms with E-state index in [9.17, 15) is 23.9 Å². The number of rotatable bonds is 3. The highest BCUT2D eigenvalue weighted by Gasteiger charge is 2.22. The Balaban J connectivity index is 2.97. The van der Waals surface area contributed by atoms with Crippen LogP contribution in [0.2, 0.25) is 0 Å². The van der Waals surface area contributed by atoms with Gasteiger partial charge in [-0.15, -0.1) is 0 Å². The van der Waals surface area contributed by atoms with E-state index in [0.717, 1.165) is 6.07 Å². The molecule has 0 spiro atoms. The third-order valence-electron chi connectivity index (χ3n) is 3.97. The summed E-state index contributed by atoms with van der Waals surface area (Å²) in [7, 11) is 1.46. The fourth-order valence-corrected chi connectivity index (χ4v) is 2.90. The first-order valence-corrected chi connectivity index (χ1v) is 7.41. The molecule has 0 aliphatic rings. The lowest BCUT2D eigenvalue weighted by Crippen LogP contribution is -2.41. The maximum absolute atomic E-state index is 14.4. The first-order chi connectivity index (χ1) is 11.6. The van der Waals surface area contributed by atoms with Crippen molar-refractivity contribution in [2.75, 3.05) is 0 Å². The SMILES string of the molecule is Cc1c(C(C)C)n(C)c(=O)n(-c2cc(C(=O)O)c(C#N)cc2F)c1=O. The molecule has 0 atom stereocenters. The number of carbonyl (C=O) groups is 1. The average Bonchev–Trinajstić information content (AvgIpc) is 2.53. The molecule has 2 rings (SSSR count). The second-order valence-corrected chi connectivity index (χ2v) is 5.91. The molecule has 0 saturated carbocycles. The summed E-state index contributed by atoms with van der Waals surface area (Å²) in [6, 6.07) is 3.11. The molecule has 1 heterocycles. The molecule has 25 heavy (non-hydrogen) atoms. The van der Waals surface area contributed by atoms with Gasteiger partial charge in [-0.05, 0) is 25.0 Å². The van der Waals surface area contributed by atoms with E-state index in [0.29, 0.717) is 16.3 Å². The summed E-state index contributed by atoms with van der Waals surface area (Å²) in [4.78, 5) is 36.5. The van der Waals surface area contributed by atoms with Gasteiger partial charge in [0.25, 0.3) is 5.56 Å². The monoisotopic (exact) mass is 345 g/mol. The van der Waals surface area contributed by atoms with Crippen molar-refractivity contribution in [3.63, 3.8) is 0 Å². The zero-order valence-corrected chi connectivity index (χ0v) is 14.1. The minimum atomic E-state index is -1.46. The summed E-state index contributed by atoms with van der Waals surface area (Å²) in [6.07, 6.45) is 0. The van der Waals surface area contributed by atoms with Gasteiger partial charge in [0.05, 0.1) is 16.8 Å². The maximum Gasteiger partial charge on any atom is 0.337 e. The van der Waals surface area contributed by atoms with Gasteiger partial charge in [-0.3, -0.25) is 9.36 Å². The average molecular weight is 345 g/mol. The van der Waals surface area contributed by atoms with E-state index in [1.54, 1.807) is 6.07 Å². The molecule has 0 bridgehead atoms. The van der Waals surface area contributed by atoms with Crippen LogP contribution in [0.5, 0.6) is 0 Å². The molecule has 2 aromatic rings. The highest BCUT2D eigenvalue weighted by Crippen LogP contribution is 2.19. The Morgan fingerprint density at radius 1 is 1.32 bits per heavy atom. The van der Waals surface area contributed by atoms with Crippen LogP contribution in [-0.2, 0) is 7.05 Å². The molecule has 0 aliphatic carbocycles. The van der Waals surface area contributed by atoms with Gasteiger partial charge in [0.1, 0.15) is 11.9 Å². The number of hydrogen-bond donors (Lipinski definition) is 1. The third kappa shape index (κ3) is 2.85. The summed E-state index contributed by atoms with van der Waals surface area (Å²) >= 11 is 0. The van der Waals surface area contributed by atoms with Crippen molar-refractivity contribution in [2.24, 2.45) is 7.05 Å². The van der Waals surface area contributed by atoms with E-state index in [1.165, 1.54) is 18.5 Å². The second kappa shape index (κ2) is 6.36. The fourth-order valence-electron chi connectivity index (χ4n) is 2.90. The van der Waals surface area contributed by atoms with Crippen molar-refractivity contribution >= 4 is 5.97 Å². The first kappa shape index (κ1) is 18.1. The zero-order chi connectivity index (χ0) is 19.0. The fraction of sp³-hybridized carbons (Fsp3) is 0.294. The van der Waals surface area contributed by atoms with Gasteiger partial charge in [-0.25, -0.2) is 18.5 Å². The smallest absolute Gasteiger partial charge is 0.337 e. The quantitative estimate of drug-likeness (QED) is 0.911. The van der Waals surface area contributed by atoms with Gasteiger partial charge in [0.2, 0.25) is 0 Å². The topological polar surface area (TPSA) is 105 Å². The molecule has 7 nitrogen and oxygen atoms in total. The number of benzene rings is 1. The minimum absolute atomic E-state index is 0.111. The van der Waals surface area contributed by atoms with E-state index in [-0.39, 0.29) is 11.5 Å². The van der Waals surface area contributed by atoms with Crippen molar-refractivity contribution in [2.45, 2.75) is 26.7 Å². The number of carboxylic acids is 1. The molecular formula is C17H16FN3O4. The molecule has 0 radical (unpaired) electrons. The minimum Gasteiger partial charge on any atom is -0.478 e. The number of nitrogens with zero attached hydrogens (tertiary/aromatic N) is 3. The van der Waals surface area contributed by atoms with Crippen molar-refractivity contribution in [3.05, 3.63) is 61.2 Å². The van der Waals surface area contributed by atoms with Gasteiger partial charge < -0.3 is 5.11 Å². The number of halogens is 1. The van der Waals surface area contributed by atoms with E-state index >= 15 is 0 Å². The maximum atomic E-state index is 14.4. The third-order valence-corrected chi connectivity index (χ3v) is 3.97. The Morgan fingerprint density at radius 3 is 2.40 bits per heavy atom. The molecule has 0 unspecified atom stereocenters. The van der Waals surface area contributed by atoms with E-state index in [2.05, 4.69) is 0 Å². The summed E-state index contributed by atoms with van der Waals surface area (Å²) in [5, 5.41) is 18.1. The number of aromatic nitrogens is 2. The molecule has 1 aromatic heterocycles. The number of aromatic carboxylic acids is 1. The van der Waals surface area contributed by atoms with E-state index < -0.39 is 39.8 Å². The van der Waals surface area contributed by atoms with Crippen LogP contribution in [0.3, 0.4) is 0 Å². The molecule has 0 amide bonds. The summed E-state index contributed by atoms with van der Waals surface area (Å²) in [5.74, 6) is -2.60. The first-order valence-electron chi connectivity index (χ1n) is 7.41. The Labute approximate surface area is 142 Å². The van der Waals surface area contributed by atoms with E-state index in [4.69, 9.17) is 5.26 Å². The number of carboxylic acid groups (broad SMARTS) is 1. The van der Waals surface area contributed by atoms with Crippen LogP contribution in [0, 0.1) is 24.1 Å². The molecule has 0 fully saturated rings. The van der Waals surface area contributed by atoms with Crippen LogP contribution >= 0.6 is 0 Å². The highest BCUT2D eigenvalue weighted by molar-refractivity contribution is 5.91. The second-order valence-electron chi connectivity index (χ2n) is 5.91. The Bertz CT molecular complexity index is 1000. The van der Waals surface area contributed by atoms with Gasteiger partial charge >= 0.3 is 11.7 Å². The molecule has 8 heteroatoms. The lowest BCUT2D eigenvalue weighted by atomic mass is 10.0. The predicted octanol–water partition coefficient (Wildman–Crippen LogP) is 1.68. The van der Waals surface area contributed by atoms with Crippen LogP contribution in [0.15, 0.2) is 21.7 Å². The van der Waals surface area contributed by atoms with Gasteiger partial charge in [0.15, 0.2) is 0 Å². The van der Waals surface area contributed by atoms with Gasteiger partial charge in [-0.2, -0.15) is 5.26 Å². The highest BCUT2D eigenvalue weighted by atomic mass is 19.1. The Morgan fingerprint density at radius 2 is 1.92 bits per heavy atom. The number of hydrogen-bond acceptors (Lipinski definition) is 4. The van der Waals surface area contributed by atoms with Crippen LogP contribution < -0.4 is 11.2 Å². The summed E-state index contributed by atoms with van der Waals surface area (Å²) < 4.78 is 16.2. The van der Waals surface area contributed by atoms with Gasteiger partial charge in [0, 0.05) is 18.3 Å².